The Balaban J connectivity index is 2.07. The Bertz CT molecular complexity index is 511. The molecule has 0 aliphatic rings. The maximum absolute atomic E-state index is 13.2. The zero-order valence-electron chi connectivity index (χ0n) is 10.3. The highest BCUT2D eigenvalue weighted by Gasteiger charge is 2.12. The fourth-order valence-corrected chi connectivity index (χ4v) is 1.98. The van der Waals surface area contributed by atoms with Gasteiger partial charge >= 0.3 is 0 Å². The first-order valence-corrected chi connectivity index (χ1v) is 6.00. The van der Waals surface area contributed by atoms with Gasteiger partial charge in [0.2, 0.25) is 0 Å². The number of nitrogens with zero attached hydrogens (tertiary/aromatic N) is 1. The lowest BCUT2D eigenvalue weighted by atomic mass is 10.00. The monoisotopic (exact) mass is 263 g/mol. The number of hydrogen-bond donors (Lipinski definition) is 2. The van der Waals surface area contributed by atoms with E-state index in [1.165, 1.54) is 12.1 Å². The lowest BCUT2D eigenvalue weighted by Gasteiger charge is -2.16. The van der Waals surface area contributed by atoms with Gasteiger partial charge in [0.05, 0.1) is 0 Å². The van der Waals surface area contributed by atoms with Crippen LogP contribution in [0.15, 0.2) is 42.7 Å². The molecular formula is C14H15F2N3. The third kappa shape index (κ3) is 3.81. The first-order chi connectivity index (χ1) is 9.19. The van der Waals surface area contributed by atoms with E-state index in [0.29, 0.717) is 12.0 Å². The van der Waals surface area contributed by atoms with Crippen molar-refractivity contribution in [2.24, 2.45) is 5.84 Å². The molecule has 5 heteroatoms. The molecule has 0 aliphatic carbocycles. The minimum Gasteiger partial charge on any atom is -0.271 e. The van der Waals surface area contributed by atoms with Crippen LogP contribution in [0.5, 0.6) is 0 Å². The Labute approximate surface area is 110 Å². The highest BCUT2D eigenvalue weighted by Crippen LogP contribution is 2.20. The molecule has 0 fully saturated rings. The Morgan fingerprint density at radius 3 is 2.32 bits per heavy atom. The van der Waals surface area contributed by atoms with Gasteiger partial charge in [0.25, 0.3) is 0 Å². The van der Waals surface area contributed by atoms with Crippen LogP contribution in [0, 0.1) is 11.6 Å². The van der Waals surface area contributed by atoms with Gasteiger partial charge < -0.3 is 0 Å². The second-order valence-corrected chi connectivity index (χ2v) is 4.32. The van der Waals surface area contributed by atoms with Gasteiger partial charge in [-0.3, -0.25) is 16.3 Å². The first kappa shape index (κ1) is 13.6. The van der Waals surface area contributed by atoms with E-state index in [0.717, 1.165) is 18.1 Å². The molecule has 0 spiro atoms. The number of halogens is 2. The molecule has 2 rings (SSSR count). The lowest BCUT2D eigenvalue weighted by Crippen LogP contribution is -2.28. The van der Waals surface area contributed by atoms with Crippen LogP contribution < -0.4 is 11.3 Å². The fourth-order valence-electron chi connectivity index (χ4n) is 1.98. The average Bonchev–Trinajstić information content (AvgIpc) is 2.39. The van der Waals surface area contributed by atoms with Gasteiger partial charge in [0.15, 0.2) is 0 Å². The zero-order valence-corrected chi connectivity index (χ0v) is 10.3. The molecule has 19 heavy (non-hydrogen) atoms. The van der Waals surface area contributed by atoms with Crippen LogP contribution in [0.3, 0.4) is 0 Å². The molecule has 0 radical (unpaired) electrons. The minimum atomic E-state index is -0.598. The van der Waals surface area contributed by atoms with Crippen molar-refractivity contribution in [2.45, 2.75) is 18.9 Å². The number of nitrogens with one attached hydrogen (secondary N) is 1. The van der Waals surface area contributed by atoms with Crippen molar-refractivity contribution in [2.75, 3.05) is 0 Å². The van der Waals surface area contributed by atoms with Crippen molar-refractivity contribution in [3.63, 3.8) is 0 Å². The molecule has 2 aromatic rings. The Hall–Kier alpha value is -1.85. The molecule has 100 valence electrons. The summed E-state index contributed by atoms with van der Waals surface area (Å²) in [6, 6.07) is 6.94. The summed E-state index contributed by atoms with van der Waals surface area (Å²) in [5, 5.41) is 0. The van der Waals surface area contributed by atoms with Crippen LogP contribution in [0.2, 0.25) is 0 Å². The maximum atomic E-state index is 13.2. The molecule has 1 aromatic carbocycles. The van der Waals surface area contributed by atoms with Crippen molar-refractivity contribution < 1.29 is 8.78 Å². The predicted molar refractivity (Wildman–Crippen MR) is 69.0 cm³/mol. The highest BCUT2D eigenvalue weighted by molar-refractivity contribution is 5.22. The van der Waals surface area contributed by atoms with Gasteiger partial charge in [-0.25, -0.2) is 8.78 Å². The zero-order chi connectivity index (χ0) is 13.7. The van der Waals surface area contributed by atoms with Crippen LogP contribution in [0.1, 0.15) is 23.6 Å². The van der Waals surface area contributed by atoms with Crippen molar-refractivity contribution >= 4 is 0 Å². The highest BCUT2D eigenvalue weighted by atomic mass is 19.1. The molecule has 3 nitrogen and oxygen atoms in total. The molecule has 1 heterocycles. The van der Waals surface area contributed by atoms with Crippen LogP contribution in [0.25, 0.3) is 0 Å². The van der Waals surface area contributed by atoms with Gasteiger partial charge in [-0.2, -0.15) is 0 Å². The topological polar surface area (TPSA) is 50.9 Å². The summed E-state index contributed by atoms with van der Waals surface area (Å²) in [5.74, 6) is 4.27. The SMILES string of the molecule is NNC(CCc1ccncc1)c1cc(F)cc(F)c1. The smallest absolute Gasteiger partial charge is 0.126 e. The third-order valence-electron chi connectivity index (χ3n) is 2.96. The van der Waals surface area contributed by atoms with E-state index in [1.54, 1.807) is 12.4 Å². The van der Waals surface area contributed by atoms with E-state index in [-0.39, 0.29) is 6.04 Å². The van der Waals surface area contributed by atoms with E-state index in [9.17, 15) is 8.78 Å². The van der Waals surface area contributed by atoms with E-state index < -0.39 is 11.6 Å². The molecule has 1 aromatic heterocycles. The van der Waals surface area contributed by atoms with Crippen molar-refractivity contribution in [1.82, 2.24) is 10.4 Å². The number of hydrogen-bond acceptors (Lipinski definition) is 3. The predicted octanol–water partition coefficient (Wildman–Crippen LogP) is 2.50. The summed E-state index contributed by atoms with van der Waals surface area (Å²) in [6.07, 6.45) is 4.81. The van der Waals surface area contributed by atoms with Crippen LogP contribution in [-0.2, 0) is 6.42 Å². The fraction of sp³-hybridized carbons (Fsp3) is 0.214. The third-order valence-corrected chi connectivity index (χ3v) is 2.96. The molecule has 1 unspecified atom stereocenters. The number of pyridine rings is 1. The number of benzene rings is 1. The number of aryl methyl sites for hydroxylation is 1. The Morgan fingerprint density at radius 1 is 1.11 bits per heavy atom. The van der Waals surface area contributed by atoms with Crippen molar-refractivity contribution in [3.8, 4) is 0 Å². The number of rotatable bonds is 5. The summed E-state index contributed by atoms with van der Waals surface area (Å²) in [4.78, 5) is 3.93. The number of aromatic nitrogens is 1. The first-order valence-electron chi connectivity index (χ1n) is 6.00. The molecule has 3 N–H and O–H groups in total. The van der Waals surface area contributed by atoms with Crippen molar-refractivity contribution in [1.29, 1.82) is 0 Å². The molecule has 0 saturated heterocycles. The summed E-state index contributed by atoms with van der Waals surface area (Å²) in [7, 11) is 0. The van der Waals surface area contributed by atoms with Gasteiger partial charge in [0.1, 0.15) is 11.6 Å². The summed E-state index contributed by atoms with van der Waals surface area (Å²) < 4.78 is 26.3. The van der Waals surface area contributed by atoms with Crippen molar-refractivity contribution in [3.05, 3.63) is 65.5 Å². The molecule has 0 amide bonds. The molecule has 0 aliphatic heterocycles. The quantitative estimate of drug-likeness (QED) is 0.643. The Morgan fingerprint density at radius 2 is 1.74 bits per heavy atom. The van der Waals surface area contributed by atoms with Gasteiger partial charge in [-0.15, -0.1) is 0 Å². The Kier molecular flexibility index (Phi) is 4.54. The normalized spacial score (nSPS) is 12.4. The van der Waals surface area contributed by atoms with Gasteiger partial charge in [0, 0.05) is 24.5 Å². The molecule has 0 bridgehead atoms. The van der Waals surface area contributed by atoms with E-state index in [1.807, 2.05) is 12.1 Å². The van der Waals surface area contributed by atoms with Gasteiger partial charge in [-0.05, 0) is 48.2 Å². The lowest BCUT2D eigenvalue weighted by molar-refractivity contribution is 0.504. The number of nitrogens with two attached hydrogens (primary N) is 1. The van der Waals surface area contributed by atoms with Crippen LogP contribution in [-0.4, -0.2) is 4.98 Å². The molecule has 0 saturated carbocycles. The van der Waals surface area contributed by atoms with E-state index in [2.05, 4.69) is 10.4 Å². The molecule has 1 atom stereocenters. The van der Waals surface area contributed by atoms with E-state index in [4.69, 9.17) is 5.84 Å². The summed E-state index contributed by atoms with van der Waals surface area (Å²) in [6.45, 7) is 0. The van der Waals surface area contributed by atoms with E-state index >= 15 is 0 Å². The van der Waals surface area contributed by atoms with Gasteiger partial charge in [-0.1, -0.05) is 0 Å². The second-order valence-electron chi connectivity index (χ2n) is 4.32. The average molecular weight is 263 g/mol. The van der Waals surface area contributed by atoms with Crippen LogP contribution in [0.4, 0.5) is 8.78 Å². The number of hydrazine groups is 1. The maximum Gasteiger partial charge on any atom is 0.126 e. The summed E-state index contributed by atoms with van der Waals surface area (Å²) in [5.41, 5.74) is 4.21. The largest absolute Gasteiger partial charge is 0.271 e. The molecular weight excluding hydrogens is 248 g/mol. The summed E-state index contributed by atoms with van der Waals surface area (Å²) >= 11 is 0. The van der Waals surface area contributed by atoms with Crippen LogP contribution >= 0.6 is 0 Å². The standard InChI is InChI=1S/C14H15F2N3/c15-12-7-11(8-13(16)9-12)14(19-17)2-1-10-3-5-18-6-4-10/h3-9,14,19H,1-2,17H2. The second kappa shape index (κ2) is 6.36. The minimum absolute atomic E-state index is 0.293.